The first-order valence-corrected chi connectivity index (χ1v) is 8.29. The summed E-state index contributed by atoms with van der Waals surface area (Å²) in [6.07, 6.45) is 0. The average Bonchev–Trinajstić information content (AvgIpc) is 2.55. The standard InChI is InChI=1S/C20H27NO2/c1-5-21-13-17-9-10-19(20(12-17)22-6-2)23-14-18-11-15(3)7-8-16(18)4/h7-12,21H,5-6,13-14H2,1-4H3. The highest BCUT2D eigenvalue weighted by atomic mass is 16.5. The van der Waals surface area contributed by atoms with Crippen molar-refractivity contribution in [1.29, 1.82) is 0 Å². The highest BCUT2D eigenvalue weighted by Gasteiger charge is 2.08. The second kappa shape index (κ2) is 8.59. The highest BCUT2D eigenvalue weighted by molar-refractivity contribution is 5.43. The van der Waals surface area contributed by atoms with Crippen molar-refractivity contribution in [3.8, 4) is 11.5 Å². The minimum absolute atomic E-state index is 0.556. The van der Waals surface area contributed by atoms with Crippen LogP contribution in [0.15, 0.2) is 36.4 Å². The predicted octanol–water partition coefficient (Wildman–Crippen LogP) is 4.39. The molecule has 0 fully saturated rings. The van der Waals surface area contributed by atoms with E-state index in [4.69, 9.17) is 9.47 Å². The molecule has 0 saturated carbocycles. The monoisotopic (exact) mass is 313 g/mol. The Bertz CT molecular complexity index is 638. The molecule has 0 aromatic heterocycles. The zero-order valence-corrected chi connectivity index (χ0v) is 14.6. The third-order valence-corrected chi connectivity index (χ3v) is 3.77. The second-order valence-corrected chi connectivity index (χ2v) is 5.71. The van der Waals surface area contributed by atoms with Crippen LogP contribution in [-0.2, 0) is 13.2 Å². The summed E-state index contributed by atoms with van der Waals surface area (Å²) in [4.78, 5) is 0. The molecular formula is C20H27NO2. The van der Waals surface area contributed by atoms with Gasteiger partial charge in [0, 0.05) is 6.54 Å². The van der Waals surface area contributed by atoms with Gasteiger partial charge >= 0.3 is 0 Å². The van der Waals surface area contributed by atoms with Gasteiger partial charge in [-0.25, -0.2) is 0 Å². The molecule has 0 heterocycles. The fraction of sp³-hybridized carbons (Fsp3) is 0.400. The Morgan fingerprint density at radius 1 is 0.913 bits per heavy atom. The van der Waals surface area contributed by atoms with Gasteiger partial charge < -0.3 is 14.8 Å². The van der Waals surface area contributed by atoms with Crippen LogP contribution in [0.2, 0.25) is 0 Å². The molecule has 0 atom stereocenters. The fourth-order valence-corrected chi connectivity index (χ4v) is 2.43. The van der Waals surface area contributed by atoms with Crippen molar-refractivity contribution in [2.24, 2.45) is 0 Å². The topological polar surface area (TPSA) is 30.5 Å². The predicted molar refractivity (Wildman–Crippen MR) is 95.2 cm³/mol. The molecular weight excluding hydrogens is 286 g/mol. The van der Waals surface area contributed by atoms with Crippen molar-refractivity contribution < 1.29 is 9.47 Å². The molecule has 0 aliphatic rings. The average molecular weight is 313 g/mol. The smallest absolute Gasteiger partial charge is 0.161 e. The minimum atomic E-state index is 0.556. The van der Waals surface area contributed by atoms with Gasteiger partial charge in [-0.2, -0.15) is 0 Å². The molecule has 3 nitrogen and oxygen atoms in total. The first kappa shape index (κ1) is 17.4. The highest BCUT2D eigenvalue weighted by Crippen LogP contribution is 2.29. The molecule has 1 N–H and O–H groups in total. The van der Waals surface area contributed by atoms with Gasteiger partial charge in [-0.15, -0.1) is 0 Å². The van der Waals surface area contributed by atoms with Crippen molar-refractivity contribution in [1.82, 2.24) is 5.32 Å². The zero-order chi connectivity index (χ0) is 16.7. The number of ether oxygens (including phenoxy) is 2. The summed E-state index contributed by atoms with van der Waals surface area (Å²) in [6, 6.07) is 12.6. The number of benzene rings is 2. The van der Waals surface area contributed by atoms with Crippen molar-refractivity contribution in [3.05, 3.63) is 58.7 Å². The Hall–Kier alpha value is -2.00. The maximum absolute atomic E-state index is 6.03. The normalized spacial score (nSPS) is 10.6. The van der Waals surface area contributed by atoms with E-state index >= 15 is 0 Å². The van der Waals surface area contributed by atoms with E-state index < -0.39 is 0 Å². The summed E-state index contributed by atoms with van der Waals surface area (Å²) in [7, 11) is 0. The van der Waals surface area contributed by atoms with Gasteiger partial charge in [0.2, 0.25) is 0 Å². The molecule has 23 heavy (non-hydrogen) atoms. The van der Waals surface area contributed by atoms with Gasteiger partial charge in [-0.1, -0.05) is 36.8 Å². The molecule has 0 amide bonds. The number of hydrogen-bond acceptors (Lipinski definition) is 3. The van der Waals surface area contributed by atoms with Crippen molar-refractivity contribution in [3.63, 3.8) is 0 Å². The summed E-state index contributed by atoms with van der Waals surface area (Å²) >= 11 is 0. The SMILES string of the molecule is CCNCc1ccc(OCc2cc(C)ccc2C)c(OCC)c1. The largest absolute Gasteiger partial charge is 0.490 e. The van der Waals surface area contributed by atoms with E-state index in [9.17, 15) is 0 Å². The molecule has 2 rings (SSSR count). The Balaban J connectivity index is 2.13. The molecule has 3 heteroatoms. The lowest BCUT2D eigenvalue weighted by Crippen LogP contribution is -2.12. The van der Waals surface area contributed by atoms with Gasteiger partial charge in [0.05, 0.1) is 6.61 Å². The molecule has 2 aromatic carbocycles. The van der Waals surface area contributed by atoms with Gasteiger partial charge in [0.15, 0.2) is 11.5 Å². The molecule has 2 aromatic rings. The quantitative estimate of drug-likeness (QED) is 0.784. The summed E-state index contributed by atoms with van der Waals surface area (Å²) in [5.41, 5.74) is 4.91. The number of nitrogens with one attached hydrogen (secondary N) is 1. The van der Waals surface area contributed by atoms with Crippen LogP contribution in [-0.4, -0.2) is 13.2 Å². The lowest BCUT2D eigenvalue weighted by atomic mass is 10.1. The van der Waals surface area contributed by atoms with Gasteiger partial charge in [0.1, 0.15) is 6.61 Å². The minimum Gasteiger partial charge on any atom is -0.490 e. The van der Waals surface area contributed by atoms with Gasteiger partial charge in [0.25, 0.3) is 0 Å². The lowest BCUT2D eigenvalue weighted by molar-refractivity contribution is 0.268. The summed E-state index contributed by atoms with van der Waals surface area (Å²) < 4.78 is 11.8. The molecule has 0 spiro atoms. The molecule has 0 aliphatic heterocycles. The summed E-state index contributed by atoms with van der Waals surface area (Å²) in [5, 5.41) is 3.33. The Kier molecular flexibility index (Phi) is 6.48. The number of aryl methyl sites for hydroxylation is 2. The van der Waals surface area contributed by atoms with Crippen LogP contribution in [0.1, 0.15) is 36.1 Å². The van der Waals surface area contributed by atoms with E-state index in [0.29, 0.717) is 13.2 Å². The van der Waals surface area contributed by atoms with Gasteiger partial charge in [-0.3, -0.25) is 0 Å². The van der Waals surface area contributed by atoms with Crippen LogP contribution in [0.3, 0.4) is 0 Å². The van der Waals surface area contributed by atoms with Gasteiger partial charge in [-0.05, 0) is 56.1 Å². The van der Waals surface area contributed by atoms with Crippen LogP contribution in [0.5, 0.6) is 11.5 Å². The Morgan fingerprint density at radius 3 is 2.48 bits per heavy atom. The maximum atomic E-state index is 6.03. The molecule has 124 valence electrons. The lowest BCUT2D eigenvalue weighted by Gasteiger charge is -2.15. The summed E-state index contributed by atoms with van der Waals surface area (Å²) in [6.45, 7) is 11.3. The molecule has 0 radical (unpaired) electrons. The number of rotatable bonds is 8. The summed E-state index contributed by atoms with van der Waals surface area (Å²) in [5.74, 6) is 1.61. The number of hydrogen-bond donors (Lipinski definition) is 1. The van der Waals surface area contributed by atoms with E-state index in [1.807, 2.05) is 13.0 Å². The van der Waals surface area contributed by atoms with Crippen LogP contribution >= 0.6 is 0 Å². The first-order valence-electron chi connectivity index (χ1n) is 8.29. The maximum Gasteiger partial charge on any atom is 0.161 e. The Labute approximate surface area is 139 Å². The zero-order valence-electron chi connectivity index (χ0n) is 14.6. The van der Waals surface area contributed by atoms with E-state index in [1.54, 1.807) is 0 Å². The molecule has 0 unspecified atom stereocenters. The van der Waals surface area contributed by atoms with E-state index in [0.717, 1.165) is 24.6 Å². The van der Waals surface area contributed by atoms with Crippen LogP contribution in [0, 0.1) is 13.8 Å². The third kappa shape index (κ3) is 5.00. The van der Waals surface area contributed by atoms with Crippen LogP contribution in [0.25, 0.3) is 0 Å². The fourth-order valence-electron chi connectivity index (χ4n) is 2.43. The molecule has 0 saturated heterocycles. The Morgan fingerprint density at radius 2 is 1.74 bits per heavy atom. The van der Waals surface area contributed by atoms with Crippen molar-refractivity contribution in [2.45, 2.75) is 40.8 Å². The van der Waals surface area contributed by atoms with Crippen LogP contribution in [0.4, 0.5) is 0 Å². The van der Waals surface area contributed by atoms with E-state index in [1.165, 1.54) is 22.3 Å². The van der Waals surface area contributed by atoms with Crippen molar-refractivity contribution in [2.75, 3.05) is 13.2 Å². The molecule has 0 bridgehead atoms. The molecule has 0 aliphatic carbocycles. The first-order chi connectivity index (χ1) is 11.1. The second-order valence-electron chi connectivity index (χ2n) is 5.71. The third-order valence-electron chi connectivity index (χ3n) is 3.77. The van der Waals surface area contributed by atoms with Crippen LogP contribution < -0.4 is 14.8 Å². The van der Waals surface area contributed by atoms with E-state index in [-0.39, 0.29) is 0 Å². The van der Waals surface area contributed by atoms with E-state index in [2.05, 4.69) is 56.4 Å². The van der Waals surface area contributed by atoms with Crippen molar-refractivity contribution >= 4 is 0 Å².